The van der Waals surface area contributed by atoms with Crippen LogP contribution >= 0.6 is 11.3 Å². The van der Waals surface area contributed by atoms with Gasteiger partial charge >= 0.3 is 0 Å². The van der Waals surface area contributed by atoms with E-state index >= 15 is 0 Å². The average molecular weight is 243 g/mol. The largest absolute Gasteiger partial charge is 0.378 e. The number of ether oxygens (including phenoxy) is 2. The van der Waals surface area contributed by atoms with Gasteiger partial charge in [-0.1, -0.05) is 0 Å². The van der Waals surface area contributed by atoms with E-state index in [1.54, 1.807) is 18.4 Å². The highest BCUT2D eigenvalue weighted by atomic mass is 32.1. The van der Waals surface area contributed by atoms with Crippen LogP contribution in [0.1, 0.15) is 10.6 Å². The molecule has 0 radical (unpaired) electrons. The van der Waals surface area contributed by atoms with Gasteiger partial charge in [0.05, 0.1) is 25.5 Å². The Kier molecular flexibility index (Phi) is 4.11. The molecule has 0 bridgehead atoms. The van der Waals surface area contributed by atoms with Crippen molar-refractivity contribution in [3.05, 3.63) is 10.6 Å². The third kappa shape index (κ3) is 2.52. The summed E-state index contributed by atoms with van der Waals surface area (Å²) in [4.78, 5) is 7.94. The third-order valence-corrected chi connectivity index (χ3v) is 3.70. The maximum absolute atomic E-state index is 5.70. The van der Waals surface area contributed by atoms with E-state index in [-0.39, 0.29) is 0 Å². The molecule has 0 spiro atoms. The van der Waals surface area contributed by atoms with Crippen molar-refractivity contribution in [1.82, 2.24) is 4.98 Å². The fourth-order valence-electron chi connectivity index (χ4n) is 1.67. The molecule has 1 aromatic heterocycles. The van der Waals surface area contributed by atoms with E-state index in [4.69, 9.17) is 15.2 Å². The van der Waals surface area contributed by atoms with Gasteiger partial charge in [0.25, 0.3) is 0 Å². The molecule has 5 nitrogen and oxygen atoms in total. The first-order chi connectivity index (χ1) is 7.85. The van der Waals surface area contributed by atoms with Crippen molar-refractivity contribution in [1.29, 1.82) is 0 Å². The van der Waals surface area contributed by atoms with Gasteiger partial charge in [-0.3, -0.25) is 0 Å². The van der Waals surface area contributed by atoms with E-state index in [2.05, 4.69) is 9.88 Å². The fraction of sp³-hybridized carbons (Fsp3) is 0.700. The minimum Gasteiger partial charge on any atom is -0.378 e. The van der Waals surface area contributed by atoms with Crippen LogP contribution in [0.25, 0.3) is 0 Å². The first-order valence-electron chi connectivity index (χ1n) is 5.35. The molecule has 1 saturated heterocycles. The first kappa shape index (κ1) is 11.8. The van der Waals surface area contributed by atoms with Gasteiger partial charge < -0.3 is 20.1 Å². The van der Waals surface area contributed by atoms with E-state index in [9.17, 15) is 0 Å². The molecule has 1 aromatic rings. The Bertz CT molecular complexity index is 337. The number of nitrogens with zero attached hydrogens (tertiary/aromatic N) is 2. The molecule has 0 aromatic carbocycles. The van der Waals surface area contributed by atoms with Crippen LogP contribution in [-0.2, 0) is 22.6 Å². The van der Waals surface area contributed by atoms with E-state index in [0.717, 1.165) is 42.0 Å². The zero-order valence-corrected chi connectivity index (χ0v) is 10.3. The molecule has 1 aliphatic rings. The second-order valence-electron chi connectivity index (χ2n) is 3.60. The predicted octanol–water partition coefficient (Wildman–Crippen LogP) is 0.585. The Morgan fingerprint density at radius 1 is 1.50 bits per heavy atom. The Hall–Kier alpha value is -0.690. The number of anilines is 1. The number of nitrogens with two attached hydrogens (primary N) is 1. The van der Waals surface area contributed by atoms with Gasteiger partial charge in [-0.2, -0.15) is 0 Å². The molecule has 0 saturated carbocycles. The third-order valence-electron chi connectivity index (χ3n) is 2.52. The van der Waals surface area contributed by atoms with Crippen molar-refractivity contribution >= 4 is 16.5 Å². The summed E-state index contributed by atoms with van der Waals surface area (Å²) in [5, 5.41) is 1.04. The molecule has 0 unspecified atom stereocenters. The van der Waals surface area contributed by atoms with Crippen molar-refractivity contribution in [3.8, 4) is 0 Å². The molecule has 0 aliphatic carbocycles. The zero-order chi connectivity index (χ0) is 11.4. The highest BCUT2D eigenvalue weighted by Crippen LogP contribution is 2.27. The molecule has 16 heavy (non-hydrogen) atoms. The Labute approximate surface area is 99.2 Å². The van der Waals surface area contributed by atoms with Crippen LogP contribution in [0.15, 0.2) is 0 Å². The fourth-order valence-corrected chi connectivity index (χ4v) is 2.66. The smallest absolute Gasteiger partial charge is 0.186 e. The summed E-state index contributed by atoms with van der Waals surface area (Å²) in [5.74, 6) is 0. The average Bonchev–Trinajstić information content (AvgIpc) is 2.74. The topological polar surface area (TPSA) is 60.6 Å². The van der Waals surface area contributed by atoms with Gasteiger partial charge in [0.15, 0.2) is 5.13 Å². The summed E-state index contributed by atoms with van der Waals surface area (Å²) in [6.45, 7) is 4.43. The van der Waals surface area contributed by atoms with Crippen LogP contribution in [0.4, 0.5) is 5.13 Å². The lowest BCUT2D eigenvalue weighted by molar-refractivity contribution is 0.122. The Morgan fingerprint density at radius 2 is 2.25 bits per heavy atom. The molecule has 2 heterocycles. The summed E-state index contributed by atoms with van der Waals surface area (Å²) >= 11 is 1.66. The van der Waals surface area contributed by atoms with Crippen LogP contribution in [-0.4, -0.2) is 38.4 Å². The van der Waals surface area contributed by atoms with Crippen molar-refractivity contribution in [2.45, 2.75) is 13.2 Å². The quantitative estimate of drug-likeness (QED) is 0.838. The molecule has 6 heteroatoms. The molecule has 2 N–H and O–H groups in total. The summed E-state index contributed by atoms with van der Waals surface area (Å²) in [7, 11) is 1.67. The second kappa shape index (κ2) is 5.58. The van der Waals surface area contributed by atoms with Crippen LogP contribution in [0.3, 0.4) is 0 Å². The Balaban J connectivity index is 2.14. The number of thiazole rings is 1. The van der Waals surface area contributed by atoms with Crippen LogP contribution in [0.5, 0.6) is 0 Å². The highest BCUT2D eigenvalue weighted by molar-refractivity contribution is 7.15. The standard InChI is InChI=1S/C10H17N3O2S/c1-14-7-8-9(6-11)16-10(12-8)13-2-4-15-5-3-13/h2-7,11H2,1H3. The van der Waals surface area contributed by atoms with Crippen LogP contribution < -0.4 is 10.6 Å². The number of hydrogen-bond donors (Lipinski definition) is 1. The SMILES string of the molecule is COCc1nc(N2CCOCC2)sc1CN. The number of morpholine rings is 1. The van der Waals surface area contributed by atoms with Crippen molar-refractivity contribution in [2.75, 3.05) is 38.3 Å². The number of rotatable bonds is 4. The van der Waals surface area contributed by atoms with Crippen molar-refractivity contribution < 1.29 is 9.47 Å². The van der Waals surface area contributed by atoms with Crippen molar-refractivity contribution in [2.24, 2.45) is 5.73 Å². The van der Waals surface area contributed by atoms with E-state index in [0.29, 0.717) is 13.2 Å². The van der Waals surface area contributed by atoms with E-state index in [1.807, 2.05) is 0 Å². The predicted molar refractivity (Wildman–Crippen MR) is 63.8 cm³/mol. The van der Waals surface area contributed by atoms with Gasteiger partial charge in [-0.05, 0) is 0 Å². The van der Waals surface area contributed by atoms with Gasteiger partial charge in [-0.25, -0.2) is 4.98 Å². The van der Waals surface area contributed by atoms with Crippen molar-refractivity contribution in [3.63, 3.8) is 0 Å². The summed E-state index contributed by atoms with van der Waals surface area (Å²) in [5.41, 5.74) is 6.66. The monoisotopic (exact) mass is 243 g/mol. The van der Waals surface area contributed by atoms with Gasteiger partial charge in [0.1, 0.15) is 0 Å². The van der Waals surface area contributed by atoms with Gasteiger partial charge in [0, 0.05) is 31.6 Å². The van der Waals surface area contributed by atoms with E-state index in [1.165, 1.54) is 0 Å². The van der Waals surface area contributed by atoms with Gasteiger partial charge in [0.2, 0.25) is 0 Å². The van der Waals surface area contributed by atoms with Crippen LogP contribution in [0.2, 0.25) is 0 Å². The second-order valence-corrected chi connectivity index (χ2v) is 4.66. The maximum Gasteiger partial charge on any atom is 0.186 e. The summed E-state index contributed by atoms with van der Waals surface area (Å²) in [6.07, 6.45) is 0. The number of hydrogen-bond acceptors (Lipinski definition) is 6. The Morgan fingerprint density at radius 3 is 2.88 bits per heavy atom. The lowest BCUT2D eigenvalue weighted by atomic mass is 10.4. The zero-order valence-electron chi connectivity index (χ0n) is 9.44. The molecule has 1 fully saturated rings. The molecule has 2 rings (SSSR count). The van der Waals surface area contributed by atoms with Gasteiger partial charge in [-0.15, -0.1) is 11.3 Å². The number of methoxy groups -OCH3 is 1. The maximum atomic E-state index is 5.70. The highest BCUT2D eigenvalue weighted by Gasteiger charge is 2.17. The lowest BCUT2D eigenvalue weighted by Crippen LogP contribution is -2.36. The lowest BCUT2D eigenvalue weighted by Gasteiger charge is -2.26. The molecular weight excluding hydrogens is 226 g/mol. The molecular formula is C10H17N3O2S. The minimum atomic E-state index is 0.528. The first-order valence-corrected chi connectivity index (χ1v) is 6.17. The van der Waals surface area contributed by atoms with Crippen LogP contribution in [0, 0.1) is 0 Å². The molecule has 90 valence electrons. The summed E-state index contributed by atoms with van der Waals surface area (Å²) in [6, 6.07) is 0. The number of aromatic nitrogens is 1. The van der Waals surface area contributed by atoms with E-state index < -0.39 is 0 Å². The minimum absolute atomic E-state index is 0.528. The normalized spacial score (nSPS) is 16.8. The molecule has 1 aliphatic heterocycles. The molecule has 0 amide bonds. The molecule has 0 atom stereocenters. The summed E-state index contributed by atoms with van der Waals surface area (Å²) < 4.78 is 10.4.